The molecule has 1 aromatic heterocycles. The lowest BCUT2D eigenvalue weighted by Crippen LogP contribution is -2.33. The number of ether oxygens (including phenoxy) is 1. The number of anilines is 1. The molecule has 0 atom stereocenters. The van der Waals surface area contributed by atoms with Crippen LogP contribution in [0.25, 0.3) is 0 Å². The molecule has 0 spiro atoms. The third-order valence-electron chi connectivity index (χ3n) is 2.45. The molecule has 0 unspecified atom stereocenters. The van der Waals surface area contributed by atoms with Crippen molar-refractivity contribution < 1.29 is 9.53 Å². The summed E-state index contributed by atoms with van der Waals surface area (Å²) in [5, 5.41) is 13.0. The maximum Gasteiger partial charge on any atom is 0.407 e. The predicted octanol–water partition coefficient (Wildman–Crippen LogP) is 2.35. The summed E-state index contributed by atoms with van der Waals surface area (Å²) >= 11 is 0. The highest BCUT2D eigenvalue weighted by atomic mass is 16.6. The van der Waals surface area contributed by atoms with Crippen molar-refractivity contribution in [1.29, 1.82) is 0 Å². The maximum absolute atomic E-state index is 11.4. The van der Waals surface area contributed by atoms with Crippen molar-refractivity contribution in [3.63, 3.8) is 0 Å². The van der Waals surface area contributed by atoms with Crippen molar-refractivity contribution in [3.8, 4) is 0 Å². The number of carbonyl (C=O) groups excluding carboxylic acids is 1. The van der Waals surface area contributed by atoms with E-state index in [4.69, 9.17) is 4.74 Å². The highest BCUT2D eigenvalue weighted by Gasteiger charge is 2.15. The molecule has 6 nitrogen and oxygen atoms in total. The van der Waals surface area contributed by atoms with Crippen LogP contribution < -0.4 is 10.6 Å². The summed E-state index contributed by atoms with van der Waals surface area (Å²) in [6.07, 6.45) is 0.451. The number of H-pyrrole nitrogens is 1. The van der Waals surface area contributed by atoms with Gasteiger partial charge in [-0.1, -0.05) is 0 Å². The van der Waals surface area contributed by atoms with Gasteiger partial charge in [0.2, 0.25) is 0 Å². The standard InChI is InChI=1S/C13H24N4O2/c1-9-11(10(2)17-16-9)14-7-6-8-15-12(18)19-13(3,4)5/h14H,6-8H2,1-5H3,(H,15,18)(H,16,17). The summed E-state index contributed by atoms with van der Waals surface area (Å²) < 4.78 is 5.14. The minimum absolute atomic E-state index is 0.372. The average molecular weight is 268 g/mol. The van der Waals surface area contributed by atoms with Gasteiger partial charge in [-0.05, 0) is 41.0 Å². The lowest BCUT2D eigenvalue weighted by Gasteiger charge is -2.19. The first-order valence-electron chi connectivity index (χ1n) is 6.52. The van der Waals surface area contributed by atoms with Gasteiger partial charge >= 0.3 is 6.09 Å². The molecule has 3 N–H and O–H groups in total. The smallest absolute Gasteiger partial charge is 0.407 e. The molecule has 19 heavy (non-hydrogen) atoms. The van der Waals surface area contributed by atoms with E-state index in [1.165, 1.54) is 0 Å². The van der Waals surface area contributed by atoms with Crippen LogP contribution in [-0.2, 0) is 4.74 Å². The first-order valence-corrected chi connectivity index (χ1v) is 6.52. The van der Waals surface area contributed by atoms with E-state index in [-0.39, 0.29) is 6.09 Å². The normalized spacial score (nSPS) is 11.2. The second-order valence-corrected chi connectivity index (χ2v) is 5.52. The molecular weight excluding hydrogens is 244 g/mol. The predicted molar refractivity (Wildman–Crippen MR) is 75.4 cm³/mol. The second kappa shape index (κ2) is 6.45. The molecule has 0 saturated heterocycles. The van der Waals surface area contributed by atoms with Gasteiger partial charge in [-0.3, -0.25) is 5.10 Å². The molecule has 108 valence electrons. The van der Waals surface area contributed by atoms with E-state index in [2.05, 4.69) is 20.8 Å². The number of aromatic nitrogens is 2. The maximum atomic E-state index is 11.4. The molecule has 6 heteroatoms. The first kappa shape index (κ1) is 15.3. The molecule has 0 aliphatic rings. The molecule has 0 aliphatic carbocycles. The van der Waals surface area contributed by atoms with Gasteiger partial charge < -0.3 is 15.4 Å². The molecule has 1 amide bonds. The summed E-state index contributed by atoms with van der Waals surface area (Å²) in [5.41, 5.74) is 2.57. The minimum atomic E-state index is -0.451. The zero-order valence-electron chi connectivity index (χ0n) is 12.4. The second-order valence-electron chi connectivity index (χ2n) is 5.52. The van der Waals surface area contributed by atoms with Gasteiger partial charge in [0, 0.05) is 13.1 Å². The molecule has 1 rings (SSSR count). The van der Waals surface area contributed by atoms with Crippen LogP contribution in [0.1, 0.15) is 38.6 Å². The average Bonchev–Trinajstić information content (AvgIpc) is 2.57. The summed E-state index contributed by atoms with van der Waals surface area (Å²) in [6, 6.07) is 0. The molecule has 0 fully saturated rings. The Hall–Kier alpha value is -1.72. The third kappa shape index (κ3) is 5.63. The van der Waals surface area contributed by atoms with Crippen molar-refractivity contribution >= 4 is 11.8 Å². The number of alkyl carbamates (subject to hydrolysis) is 1. The number of aryl methyl sites for hydroxylation is 2. The van der Waals surface area contributed by atoms with Gasteiger partial charge in [0.25, 0.3) is 0 Å². The van der Waals surface area contributed by atoms with E-state index >= 15 is 0 Å². The van der Waals surface area contributed by atoms with E-state index in [1.807, 2.05) is 34.6 Å². The molecule has 0 saturated carbocycles. The Bertz CT molecular complexity index is 401. The summed E-state index contributed by atoms with van der Waals surface area (Å²) in [4.78, 5) is 11.4. The van der Waals surface area contributed by atoms with E-state index in [0.29, 0.717) is 6.54 Å². The summed E-state index contributed by atoms with van der Waals surface area (Å²) in [6.45, 7) is 10.8. The van der Waals surface area contributed by atoms with Crippen LogP contribution in [0.4, 0.5) is 10.5 Å². The number of amides is 1. The van der Waals surface area contributed by atoms with E-state index in [9.17, 15) is 4.79 Å². The third-order valence-corrected chi connectivity index (χ3v) is 2.45. The van der Waals surface area contributed by atoms with E-state index < -0.39 is 5.60 Å². The number of aromatic amines is 1. The van der Waals surface area contributed by atoms with Gasteiger partial charge in [-0.15, -0.1) is 0 Å². The quantitative estimate of drug-likeness (QED) is 0.716. The molecule has 0 radical (unpaired) electrons. The van der Waals surface area contributed by atoms with Gasteiger partial charge in [0.05, 0.1) is 17.1 Å². The van der Waals surface area contributed by atoms with Crippen molar-refractivity contribution in [2.45, 2.75) is 46.6 Å². The fraction of sp³-hybridized carbons (Fsp3) is 0.692. The fourth-order valence-corrected chi connectivity index (χ4v) is 1.62. The lowest BCUT2D eigenvalue weighted by molar-refractivity contribution is 0.0528. The van der Waals surface area contributed by atoms with E-state index in [1.54, 1.807) is 0 Å². The van der Waals surface area contributed by atoms with Gasteiger partial charge in [-0.25, -0.2) is 4.79 Å². The molecule has 0 aliphatic heterocycles. The Morgan fingerprint density at radius 2 is 2.00 bits per heavy atom. The lowest BCUT2D eigenvalue weighted by atomic mass is 10.2. The number of hydrogen-bond acceptors (Lipinski definition) is 4. The molecule has 1 heterocycles. The van der Waals surface area contributed by atoms with Crippen molar-refractivity contribution in [2.24, 2.45) is 0 Å². The largest absolute Gasteiger partial charge is 0.444 e. The first-order chi connectivity index (χ1) is 8.79. The monoisotopic (exact) mass is 268 g/mol. The van der Waals surface area contributed by atoms with Crippen LogP contribution in [0.5, 0.6) is 0 Å². The van der Waals surface area contributed by atoms with Crippen LogP contribution in [0.3, 0.4) is 0 Å². The van der Waals surface area contributed by atoms with Gasteiger partial charge in [0.1, 0.15) is 5.60 Å². The Morgan fingerprint density at radius 3 is 2.53 bits per heavy atom. The van der Waals surface area contributed by atoms with Crippen LogP contribution in [0, 0.1) is 13.8 Å². The zero-order valence-corrected chi connectivity index (χ0v) is 12.4. The minimum Gasteiger partial charge on any atom is -0.444 e. The Labute approximate surface area is 114 Å². The Morgan fingerprint density at radius 1 is 1.32 bits per heavy atom. The number of nitrogens with zero attached hydrogens (tertiary/aromatic N) is 1. The van der Waals surface area contributed by atoms with Crippen molar-refractivity contribution in [3.05, 3.63) is 11.4 Å². The van der Waals surface area contributed by atoms with Crippen LogP contribution in [-0.4, -0.2) is 35.0 Å². The van der Waals surface area contributed by atoms with Crippen molar-refractivity contribution in [2.75, 3.05) is 18.4 Å². The topological polar surface area (TPSA) is 79.0 Å². The molecule has 0 aromatic carbocycles. The van der Waals surface area contributed by atoms with Gasteiger partial charge in [-0.2, -0.15) is 5.10 Å². The Kier molecular flexibility index (Phi) is 5.20. The van der Waals surface area contributed by atoms with Gasteiger partial charge in [0.15, 0.2) is 0 Å². The number of rotatable bonds is 5. The molecule has 0 bridgehead atoms. The summed E-state index contributed by atoms with van der Waals surface area (Å²) in [7, 11) is 0. The van der Waals surface area contributed by atoms with Crippen LogP contribution in [0.15, 0.2) is 0 Å². The zero-order chi connectivity index (χ0) is 14.5. The van der Waals surface area contributed by atoms with E-state index in [0.717, 1.165) is 30.0 Å². The van der Waals surface area contributed by atoms with Crippen molar-refractivity contribution in [1.82, 2.24) is 15.5 Å². The summed E-state index contributed by atoms with van der Waals surface area (Å²) in [5.74, 6) is 0. The Balaban J connectivity index is 2.17. The fourth-order valence-electron chi connectivity index (χ4n) is 1.62. The number of nitrogens with one attached hydrogen (secondary N) is 3. The number of carbonyl (C=O) groups is 1. The SMILES string of the molecule is Cc1n[nH]c(C)c1NCCCNC(=O)OC(C)(C)C. The molecular formula is C13H24N4O2. The van der Waals surface area contributed by atoms with Crippen LogP contribution >= 0.6 is 0 Å². The number of hydrogen-bond donors (Lipinski definition) is 3. The highest BCUT2D eigenvalue weighted by Crippen LogP contribution is 2.15. The molecule has 1 aromatic rings. The van der Waals surface area contributed by atoms with Crippen LogP contribution in [0.2, 0.25) is 0 Å². The highest BCUT2D eigenvalue weighted by molar-refractivity contribution is 5.67.